The van der Waals surface area contributed by atoms with Gasteiger partial charge in [0, 0.05) is 25.9 Å². The molecule has 1 aromatic carbocycles. The van der Waals surface area contributed by atoms with Crippen LogP contribution in [0.15, 0.2) is 23.8 Å². The topological polar surface area (TPSA) is 100 Å². The smallest absolute Gasteiger partial charge is 0.799 e. The van der Waals surface area contributed by atoms with E-state index in [0.717, 1.165) is 29.6 Å². The Morgan fingerprint density at radius 1 is 1.25 bits per heavy atom. The molecule has 32 heavy (non-hydrogen) atoms. The van der Waals surface area contributed by atoms with Crippen molar-refractivity contribution in [1.82, 2.24) is 0 Å². The van der Waals surface area contributed by atoms with Crippen LogP contribution in [0.25, 0.3) is 5.57 Å². The van der Waals surface area contributed by atoms with Gasteiger partial charge in [0.2, 0.25) is 0 Å². The Bertz CT molecular complexity index is 898. The summed E-state index contributed by atoms with van der Waals surface area (Å²) >= 11 is 0. The molecule has 0 aliphatic heterocycles. The predicted octanol–water partition coefficient (Wildman–Crippen LogP) is -2.73. The van der Waals surface area contributed by atoms with E-state index >= 15 is 0 Å². The molecule has 0 saturated carbocycles. The number of carbonyl (C=O) groups is 1. The van der Waals surface area contributed by atoms with Gasteiger partial charge in [0.25, 0.3) is 0 Å². The van der Waals surface area contributed by atoms with E-state index < -0.39 is 32.0 Å². The molecule has 0 heterocycles. The summed E-state index contributed by atoms with van der Waals surface area (Å²) in [6.45, 7) is 10.3. The molecule has 0 bridgehead atoms. The molecule has 2 rings (SSSR count). The van der Waals surface area contributed by atoms with E-state index in [1.807, 2.05) is 6.07 Å². The molecule has 1 unspecified atom stereocenters. The molecular weight excluding hydrogens is 420 g/mol. The summed E-state index contributed by atoms with van der Waals surface area (Å²) in [5.74, 6) is -1.75. The van der Waals surface area contributed by atoms with Crippen LogP contribution in [0, 0.1) is 23.6 Å². The van der Waals surface area contributed by atoms with Crippen molar-refractivity contribution >= 4 is 18.9 Å². The third-order valence-electron chi connectivity index (χ3n) is 5.86. The molecule has 0 radical (unpaired) electrons. The SMILES string of the molecule is Cc1cc(C2=C(CCP(=O)([O-])C[C@H](O)CC(=O)[O-])C(C)(C)CC(C)(C)C2)ccc1F.[Li+].[Li+]. The summed E-state index contributed by atoms with van der Waals surface area (Å²) in [5.41, 5.74) is 3.29. The molecule has 2 atom stereocenters. The second-order valence-electron chi connectivity index (χ2n) is 10.0. The quantitative estimate of drug-likeness (QED) is 0.341. The summed E-state index contributed by atoms with van der Waals surface area (Å²) < 4.78 is 26.3. The van der Waals surface area contributed by atoms with E-state index in [2.05, 4.69) is 27.7 Å². The van der Waals surface area contributed by atoms with E-state index in [1.165, 1.54) is 6.07 Å². The first kappa shape index (κ1) is 31.7. The number of benzene rings is 1. The minimum absolute atomic E-state index is 0. The molecule has 168 valence electrons. The molecule has 0 fully saturated rings. The standard InChI is InChI=1S/C23H34FO5P.2Li/c1-15-10-16(6-7-20(15)24)18-12-22(2,3)14-23(4,5)19(18)8-9-30(28,29)13-17(25)11-21(26)27;;/h6-7,10,17,25H,8-9,11-14H2,1-5H3,(H,26,27)(H,28,29);;/q;2*+1/p-2/t17-;;/m1../s1. The Balaban J connectivity index is 0.00000480. The zero-order valence-electron chi connectivity index (χ0n) is 20.5. The van der Waals surface area contributed by atoms with E-state index in [0.29, 0.717) is 12.0 Å². The summed E-state index contributed by atoms with van der Waals surface area (Å²) in [7, 11) is -3.98. The fourth-order valence-corrected chi connectivity index (χ4v) is 6.43. The number of allylic oxidation sites excluding steroid dienone is 2. The van der Waals surface area contributed by atoms with Gasteiger partial charge in [0.1, 0.15) is 5.82 Å². The van der Waals surface area contributed by atoms with Crippen molar-refractivity contribution < 1.29 is 66.6 Å². The maximum Gasteiger partial charge on any atom is 1.00 e. The Labute approximate surface area is 215 Å². The first-order valence-electron chi connectivity index (χ1n) is 10.3. The minimum atomic E-state index is -3.98. The zero-order chi connectivity index (χ0) is 22.9. The number of aliphatic carboxylic acids is 1. The van der Waals surface area contributed by atoms with Gasteiger partial charge in [0.15, 0.2) is 0 Å². The molecule has 0 aromatic heterocycles. The van der Waals surface area contributed by atoms with Crippen molar-refractivity contribution in [3.63, 3.8) is 0 Å². The van der Waals surface area contributed by atoms with Crippen molar-refractivity contribution in [3.05, 3.63) is 40.7 Å². The van der Waals surface area contributed by atoms with Crippen LogP contribution in [0.4, 0.5) is 4.39 Å². The molecule has 0 spiro atoms. The summed E-state index contributed by atoms with van der Waals surface area (Å²) in [4.78, 5) is 23.1. The summed E-state index contributed by atoms with van der Waals surface area (Å²) in [6.07, 6.45) is -0.958. The summed E-state index contributed by atoms with van der Waals surface area (Å²) in [5, 5.41) is 20.3. The largest absolute Gasteiger partial charge is 1.00 e. The molecular formula is C23H32FLi2O5P. The maximum absolute atomic E-state index is 13.8. The number of hydrogen-bond donors (Lipinski definition) is 1. The van der Waals surface area contributed by atoms with Crippen molar-refractivity contribution in [2.45, 2.75) is 66.4 Å². The van der Waals surface area contributed by atoms with Crippen LogP contribution in [0.3, 0.4) is 0 Å². The van der Waals surface area contributed by atoms with Gasteiger partial charge >= 0.3 is 37.7 Å². The Hall–Kier alpha value is -0.295. The van der Waals surface area contributed by atoms with Crippen LogP contribution in [0.5, 0.6) is 0 Å². The zero-order valence-corrected chi connectivity index (χ0v) is 21.4. The van der Waals surface area contributed by atoms with Crippen LogP contribution in [0.2, 0.25) is 0 Å². The van der Waals surface area contributed by atoms with Crippen LogP contribution in [0.1, 0.15) is 64.5 Å². The van der Waals surface area contributed by atoms with Crippen LogP contribution in [-0.4, -0.2) is 29.5 Å². The summed E-state index contributed by atoms with van der Waals surface area (Å²) in [6, 6.07) is 5.00. The minimum Gasteiger partial charge on any atom is -0.799 e. The van der Waals surface area contributed by atoms with Crippen molar-refractivity contribution in [3.8, 4) is 0 Å². The number of aliphatic hydroxyl groups is 1. The predicted molar refractivity (Wildman–Crippen MR) is 112 cm³/mol. The number of carboxylic acids is 1. The number of hydrogen-bond acceptors (Lipinski definition) is 5. The molecule has 1 aliphatic carbocycles. The third kappa shape index (κ3) is 8.81. The van der Waals surface area contributed by atoms with Crippen molar-refractivity contribution in [2.75, 3.05) is 12.3 Å². The van der Waals surface area contributed by atoms with E-state index in [9.17, 15) is 28.9 Å². The number of aliphatic hydroxyl groups excluding tert-OH is 1. The molecule has 0 saturated heterocycles. The van der Waals surface area contributed by atoms with Gasteiger partial charge < -0.3 is 24.5 Å². The van der Waals surface area contributed by atoms with Crippen LogP contribution < -0.4 is 47.7 Å². The molecule has 1 N–H and O–H groups in total. The van der Waals surface area contributed by atoms with Gasteiger partial charge in [-0.3, -0.25) is 0 Å². The fourth-order valence-electron chi connectivity index (χ4n) is 4.91. The van der Waals surface area contributed by atoms with E-state index in [-0.39, 0.29) is 60.5 Å². The Morgan fingerprint density at radius 3 is 2.38 bits per heavy atom. The average Bonchev–Trinajstić information content (AvgIpc) is 2.52. The Kier molecular flexibility index (Phi) is 11.8. The van der Waals surface area contributed by atoms with Gasteiger partial charge in [-0.25, -0.2) is 4.39 Å². The van der Waals surface area contributed by atoms with Gasteiger partial charge in [0.05, 0.1) is 6.10 Å². The van der Waals surface area contributed by atoms with Gasteiger partial charge in [-0.2, -0.15) is 0 Å². The molecule has 9 heteroatoms. The number of halogens is 1. The second-order valence-corrected chi connectivity index (χ2v) is 12.5. The normalized spacial score (nSPS) is 19.9. The number of carboxylic acid groups (broad SMARTS) is 1. The molecule has 1 aliphatic rings. The van der Waals surface area contributed by atoms with Gasteiger partial charge in [-0.05, 0) is 72.0 Å². The maximum atomic E-state index is 13.8. The number of aryl methyl sites for hydroxylation is 1. The van der Waals surface area contributed by atoms with Crippen molar-refractivity contribution in [1.29, 1.82) is 0 Å². The van der Waals surface area contributed by atoms with Crippen molar-refractivity contribution in [2.24, 2.45) is 10.8 Å². The van der Waals surface area contributed by atoms with Gasteiger partial charge in [-0.1, -0.05) is 39.3 Å². The van der Waals surface area contributed by atoms with E-state index in [1.54, 1.807) is 13.0 Å². The number of rotatable bonds is 8. The molecule has 1 aromatic rings. The monoisotopic (exact) mass is 452 g/mol. The van der Waals surface area contributed by atoms with Gasteiger partial charge in [-0.15, -0.1) is 0 Å². The average molecular weight is 452 g/mol. The number of carbonyl (C=O) groups excluding carboxylic acids is 1. The third-order valence-corrected chi connectivity index (χ3v) is 7.74. The molecule has 5 nitrogen and oxygen atoms in total. The van der Waals surface area contributed by atoms with Crippen LogP contribution >= 0.6 is 7.37 Å². The second kappa shape index (κ2) is 11.9. The van der Waals surface area contributed by atoms with Crippen LogP contribution in [-0.2, 0) is 9.36 Å². The Morgan fingerprint density at radius 2 is 1.84 bits per heavy atom. The first-order valence-corrected chi connectivity index (χ1v) is 12.3. The fraction of sp³-hybridized carbons (Fsp3) is 0.609. The van der Waals surface area contributed by atoms with E-state index in [4.69, 9.17) is 0 Å². The molecule has 0 amide bonds. The first-order chi connectivity index (χ1) is 13.6.